The molecule has 1 aromatic rings. The average molecular weight is 300 g/mol. The third-order valence-electron chi connectivity index (χ3n) is 4.51. The van der Waals surface area contributed by atoms with Crippen LogP contribution < -0.4 is 5.32 Å². The van der Waals surface area contributed by atoms with Crippen molar-refractivity contribution < 1.29 is 9.59 Å². The molecular weight excluding hydrogens is 276 g/mol. The molecule has 0 atom stereocenters. The number of amides is 2. The number of hydrogen-bond donors (Lipinski definition) is 1. The maximum atomic E-state index is 12.5. The van der Waals surface area contributed by atoms with Crippen LogP contribution in [0, 0.1) is 5.92 Å². The Labute approximate surface area is 131 Å². The second-order valence-corrected chi connectivity index (χ2v) is 6.40. The number of benzene rings is 1. The molecule has 1 saturated carbocycles. The quantitative estimate of drug-likeness (QED) is 0.929. The summed E-state index contributed by atoms with van der Waals surface area (Å²) in [6.07, 6.45) is 6.71. The summed E-state index contributed by atoms with van der Waals surface area (Å²) in [4.78, 5) is 26.1. The van der Waals surface area contributed by atoms with Crippen molar-refractivity contribution in [3.8, 4) is 0 Å². The normalized spacial score (nSPS) is 18.6. The lowest BCUT2D eigenvalue weighted by Gasteiger charge is -2.20. The van der Waals surface area contributed by atoms with E-state index in [0.717, 1.165) is 49.9 Å². The molecule has 2 fully saturated rings. The molecule has 0 spiro atoms. The van der Waals surface area contributed by atoms with Crippen molar-refractivity contribution >= 4 is 11.8 Å². The molecule has 3 rings (SSSR count). The topological polar surface area (TPSA) is 49.4 Å². The summed E-state index contributed by atoms with van der Waals surface area (Å²) in [5, 5.41) is 2.95. The maximum Gasteiger partial charge on any atom is 0.253 e. The van der Waals surface area contributed by atoms with Crippen LogP contribution in [-0.2, 0) is 11.3 Å². The zero-order valence-corrected chi connectivity index (χ0v) is 13.0. The Morgan fingerprint density at radius 1 is 1.00 bits per heavy atom. The second kappa shape index (κ2) is 6.95. The van der Waals surface area contributed by atoms with Gasteiger partial charge in [-0.15, -0.1) is 0 Å². The lowest BCUT2D eigenvalue weighted by Crippen LogP contribution is -2.31. The number of hydrogen-bond acceptors (Lipinski definition) is 2. The molecule has 0 radical (unpaired) electrons. The van der Waals surface area contributed by atoms with E-state index in [0.29, 0.717) is 6.54 Å². The van der Waals surface area contributed by atoms with Crippen LogP contribution in [-0.4, -0.2) is 29.8 Å². The fourth-order valence-corrected chi connectivity index (χ4v) is 2.90. The highest BCUT2D eigenvalue weighted by atomic mass is 16.2. The molecular formula is C18H24N2O2. The molecule has 1 aliphatic carbocycles. The van der Waals surface area contributed by atoms with E-state index in [1.807, 2.05) is 29.2 Å². The monoisotopic (exact) mass is 300 g/mol. The van der Waals surface area contributed by atoms with Gasteiger partial charge >= 0.3 is 0 Å². The number of carbonyl (C=O) groups is 2. The van der Waals surface area contributed by atoms with Crippen molar-refractivity contribution in [3.05, 3.63) is 35.4 Å². The fraction of sp³-hybridized carbons (Fsp3) is 0.556. The van der Waals surface area contributed by atoms with Gasteiger partial charge in [-0.3, -0.25) is 9.59 Å². The van der Waals surface area contributed by atoms with Gasteiger partial charge in [0.1, 0.15) is 0 Å². The standard InChI is InChI=1S/C18H24N2O2/c21-17(15-9-10-15)19-13-14-5-7-16(8-6-14)18(22)20-11-3-1-2-4-12-20/h5-8,15H,1-4,9-13H2,(H,19,21). The minimum Gasteiger partial charge on any atom is -0.352 e. The van der Waals surface area contributed by atoms with Crippen LogP contribution in [0.15, 0.2) is 24.3 Å². The van der Waals surface area contributed by atoms with Gasteiger partial charge in [-0.25, -0.2) is 0 Å². The summed E-state index contributed by atoms with van der Waals surface area (Å²) in [5.41, 5.74) is 1.79. The summed E-state index contributed by atoms with van der Waals surface area (Å²) >= 11 is 0. The van der Waals surface area contributed by atoms with E-state index in [4.69, 9.17) is 0 Å². The Hall–Kier alpha value is -1.84. The number of rotatable bonds is 4. The summed E-state index contributed by atoms with van der Waals surface area (Å²) < 4.78 is 0. The molecule has 0 aromatic heterocycles. The largest absolute Gasteiger partial charge is 0.352 e. The molecule has 118 valence electrons. The first-order valence-corrected chi connectivity index (χ1v) is 8.40. The lowest BCUT2D eigenvalue weighted by molar-refractivity contribution is -0.122. The van der Waals surface area contributed by atoms with Crippen molar-refractivity contribution in [2.24, 2.45) is 5.92 Å². The minimum absolute atomic E-state index is 0.135. The summed E-state index contributed by atoms with van der Waals surface area (Å²) in [6, 6.07) is 7.65. The van der Waals surface area contributed by atoms with Crippen LogP contribution in [0.4, 0.5) is 0 Å². The second-order valence-electron chi connectivity index (χ2n) is 6.40. The Balaban J connectivity index is 1.55. The molecule has 22 heavy (non-hydrogen) atoms. The first-order valence-electron chi connectivity index (χ1n) is 8.40. The van der Waals surface area contributed by atoms with Gasteiger partial charge in [0.25, 0.3) is 5.91 Å². The number of carbonyl (C=O) groups excluding carboxylic acids is 2. The van der Waals surface area contributed by atoms with Gasteiger partial charge in [0, 0.05) is 31.1 Å². The van der Waals surface area contributed by atoms with E-state index in [-0.39, 0.29) is 17.7 Å². The smallest absolute Gasteiger partial charge is 0.253 e. The van der Waals surface area contributed by atoms with E-state index in [2.05, 4.69) is 5.32 Å². The average Bonchev–Trinajstić information content (AvgIpc) is 3.38. The van der Waals surface area contributed by atoms with Crippen LogP contribution >= 0.6 is 0 Å². The van der Waals surface area contributed by atoms with Gasteiger partial charge in [-0.2, -0.15) is 0 Å². The number of nitrogens with zero attached hydrogens (tertiary/aromatic N) is 1. The van der Waals surface area contributed by atoms with Crippen LogP contribution in [0.1, 0.15) is 54.4 Å². The van der Waals surface area contributed by atoms with Gasteiger partial charge < -0.3 is 10.2 Å². The van der Waals surface area contributed by atoms with Crippen LogP contribution in [0.3, 0.4) is 0 Å². The third-order valence-corrected chi connectivity index (χ3v) is 4.51. The minimum atomic E-state index is 0.135. The summed E-state index contributed by atoms with van der Waals surface area (Å²) in [7, 11) is 0. The predicted molar refractivity (Wildman–Crippen MR) is 85.4 cm³/mol. The van der Waals surface area contributed by atoms with E-state index in [9.17, 15) is 9.59 Å². The first kappa shape index (κ1) is 15.1. The molecule has 4 nitrogen and oxygen atoms in total. The van der Waals surface area contributed by atoms with Gasteiger partial charge in [-0.05, 0) is 43.4 Å². The number of likely N-dealkylation sites (tertiary alicyclic amines) is 1. The first-order chi connectivity index (χ1) is 10.7. The van der Waals surface area contributed by atoms with E-state index in [1.165, 1.54) is 12.8 Å². The van der Waals surface area contributed by atoms with E-state index < -0.39 is 0 Å². The summed E-state index contributed by atoms with van der Waals surface area (Å²) in [5.74, 6) is 0.532. The Morgan fingerprint density at radius 3 is 2.23 bits per heavy atom. The van der Waals surface area contributed by atoms with Crippen LogP contribution in [0.25, 0.3) is 0 Å². The van der Waals surface area contributed by atoms with Crippen molar-refractivity contribution in [1.29, 1.82) is 0 Å². The van der Waals surface area contributed by atoms with E-state index in [1.54, 1.807) is 0 Å². The molecule has 1 aromatic carbocycles. The van der Waals surface area contributed by atoms with Crippen molar-refractivity contribution in [1.82, 2.24) is 10.2 Å². The Kier molecular flexibility index (Phi) is 4.76. The molecule has 1 saturated heterocycles. The SMILES string of the molecule is O=C(NCc1ccc(C(=O)N2CCCCCC2)cc1)C1CC1. The molecule has 1 aliphatic heterocycles. The zero-order valence-electron chi connectivity index (χ0n) is 13.0. The molecule has 1 N–H and O–H groups in total. The molecule has 0 bridgehead atoms. The number of nitrogens with one attached hydrogen (secondary N) is 1. The Bertz CT molecular complexity index is 527. The van der Waals surface area contributed by atoms with Crippen LogP contribution in [0.5, 0.6) is 0 Å². The summed E-state index contributed by atoms with van der Waals surface area (Å²) in [6.45, 7) is 2.30. The van der Waals surface area contributed by atoms with Gasteiger partial charge in [0.05, 0.1) is 0 Å². The third kappa shape index (κ3) is 3.87. The van der Waals surface area contributed by atoms with Crippen molar-refractivity contribution in [3.63, 3.8) is 0 Å². The predicted octanol–water partition coefficient (Wildman–Crippen LogP) is 2.73. The molecule has 4 heteroatoms. The van der Waals surface area contributed by atoms with Gasteiger partial charge in [0.2, 0.25) is 5.91 Å². The van der Waals surface area contributed by atoms with Gasteiger partial charge in [-0.1, -0.05) is 25.0 Å². The van der Waals surface area contributed by atoms with E-state index >= 15 is 0 Å². The molecule has 0 unspecified atom stereocenters. The highest BCUT2D eigenvalue weighted by Gasteiger charge is 2.29. The van der Waals surface area contributed by atoms with Crippen molar-refractivity contribution in [2.75, 3.05) is 13.1 Å². The van der Waals surface area contributed by atoms with Crippen molar-refractivity contribution in [2.45, 2.75) is 45.1 Å². The molecule has 2 aliphatic rings. The fourth-order valence-electron chi connectivity index (χ4n) is 2.90. The zero-order chi connectivity index (χ0) is 15.4. The maximum absolute atomic E-state index is 12.5. The van der Waals surface area contributed by atoms with Gasteiger partial charge in [0.15, 0.2) is 0 Å². The van der Waals surface area contributed by atoms with Crippen LogP contribution in [0.2, 0.25) is 0 Å². The molecule has 1 heterocycles. The molecule has 2 amide bonds. The Morgan fingerprint density at radius 2 is 1.64 bits per heavy atom. The highest BCUT2D eigenvalue weighted by Crippen LogP contribution is 2.28. The highest BCUT2D eigenvalue weighted by molar-refractivity contribution is 5.94. The lowest BCUT2D eigenvalue weighted by atomic mass is 10.1.